The molecule has 128 valence electrons. The number of rotatable bonds is 3. The molecule has 6 nitrogen and oxygen atoms in total. The van der Waals surface area contributed by atoms with Crippen LogP contribution < -0.4 is 10.2 Å². The third kappa shape index (κ3) is 2.82. The summed E-state index contributed by atoms with van der Waals surface area (Å²) in [7, 11) is 1.85. The van der Waals surface area contributed by atoms with Crippen LogP contribution in [0, 0.1) is 0 Å². The molecule has 1 unspecified atom stereocenters. The highest BCUT2D eigenvalue weighted by Crippen LogP contribution is 2.30. The zero-order valence-electron chi connectivity index (χ0n) is 13.8. The molecule has 1 aliphatic rings. The van der Waals surface area contributed by atoms with Crippen molar-refractivity contribution in [2.75, 3.05) is 16.8 Å². The van der Waals surface area contributed by atoms with Crippen LogP contribution in [0.25, 0.3) is 11.0 Å². The van der Waals surface area contributed by atoms with Gasteiger partial charge in [-0.05, 0) is 31.0 Å². The molecule has 3 aromatic rings. The van der Waals surface area contributed by atoms with Crippen LogP contribution in [-0.4, -0.2) is 33.3 Å². The highest BCUT2D eigenvalue weighted by atomic mass is 35.5. The van der Waals surface area contributed by atoms with Gasteiger partial charge in [0.15, 0.2) is 5.65 Å². The molecule has 25 heavy (non-hydrogen) atoms. The first-order valence-corrected chi connectivity index (χ1v) is 8.62. The summed E-state index contributed by atoms with van der Waals surface area (Å²) in [6.45, 7) is 0.680. The number of fused-ring (bicyclic) bond motifs is 1. The topological polar surface area (TPSA) is 63.1 Å². The number of benzene rings is 1. The summed E-state index contributed by atoms with van der Waals surface area (Å²) in [5, 5.41) is 9.13. The van der Waals surface area contributed by atoms with Gasteiger partial charge in [0.05, 0.1) is 22.3 Å². The quantitative estimate of drug-likeness (QED) is 0.783. The molecule has 7 heteroatoms. The minimum Gasteiger partial charge on any atom is -0.373 e. The van der Waals surface area contributed by atoms with Crippen LogP contribution in [-0.2, 0) is 11.8 Å². The number of nitrogens with zero attached hydrogens (tertiary/aromatic N) is 4. The number of anilines is 2. The van der Waals surface area contributed by atoms with Gasteiger partial charge in [0.2, 0.25) is 5.91 Å². The molecule has 0 aliphatic carbocycles. The van der Waals surface area contributed by atoms with Gasteiger partial charge in [-0.1, -0.05) is 23.7 Å². The molecule has 0 radical (unpaired) electrons. The number of nitrogens with one attached hydrogen (secondary N) is 1. The number of carbonyl (C=O) groups is 1. The number of hydrogen-bond acceptors (Lipinski definition) is 4. The van der Waals surface area contributed by atoms with Crippen LogP contribution in [0.4, 0.5) is 11.4 Å². The number of piperidine rings is 1. The lowest BCUT2D eigenvalue weighted by Crippen LogP contribution is -2.47. The van der Waals surface area contributed by atoms with Crippen molar-refractivity contribution in [1.82, 2.24) is 14.8 Å². The van der Waals surface area contributed by atoms with Crippen molar-refractivity contribution in [2.24, 2.45) is 7.05 Å². The predicted molar refractivity (Wildman–Crippen MR) is 99.0 cm³/mol. The van der Waals surface area contributed by atoms with Crippen molar-refractivity contribution in [1.29, 1.82) is 0 Å². The molecule has 1 N–H and O–H groups in total. The maximum Gasteiger partial charge on any atom is 0.249 e. The second kappa shape index (κ2) is 6.37. The maximum absolute atomic E-state index is 13.0. The normalized spacial score (nSPS) is 17.9. The summed E-state index contributed by atoms with van der Waals surface area (Å²) < 4.78 is 1.72. The van der Waals surface area contributed by atoms with E-state index in [2.05, 4.69) is 15.4 Å². The van der Waals surface area contributed by atoms with E-state index >= 15 is 0 Å². The SMILES string of the molecule is Cn1ncc2c(NC3CCCN(c4ccccc4Cl)C3=O)ccnc21. The molecule has 1 amide bonds. The molecule has 0 bridgehead atoms. The van der Waals surface area contributed by atoms with Crippen LogP contribution in [0.1, 0.15) is 12.8 Å². The lowest BCUT2D eigenvalue weighted by atomic mass is 10.0. The number of hydrogen-bond donors (Lipinski definition) is 1. The minimum atomic E-state index is -0.296. The minimum absolute atomic E-state index is 0.0354. The predicted octanol–water partition coefficient (Wildman–Crippen LogP) is 3.23. The van der Waals surface area contributed by atoms with Crippen molar-refractivity contribution < 1.29 is 4.79 Å². The molecular formula is C18H18ClN5O. The Bertz CT molecular complexity index is 938. The highest BCUT2D eigenvalue weighted by Gasteiger charge is 2.31. The molecule has 1 saturated heterocycles. The molecule has 1 aromatic carbocycles. The number of carbonyl (C=O) groups excluding carboxylic acids is 1. The van der Waals surface area contributed by atoms with E-state index in [4.69, 9.17) is 11.6 Å². The van der Waals surface area contributed by atoms with Gasteiger partial charge in [-0.2, -0.15) is 5.10 Å². The van der Waals surface area contributed by atoms with Crippen molar-refractivity contribution in [2.45, 2.75) is 18.9 Å². The van der Waals surface area contributed by atoms with Gasteiger partial charge in [0.25, 0.3) is 0 Å². The Morgan fingerprint density at radius 1 is 1.28 bits per heavy atom. The van der Waals surface area contributed by atoms with Crippen molar-refractivity contribution in [3.63, 3.8) is 0 Å². The Hall–Kier alpha value is -2.60. The summed E-state index contributed by atoms with van der Waals surface area (Å²) in [4.78, 5) is 19.1. The van der Waals surface area contributed by atoms with Crippen molar-refractivity contribution in [3.8, 4) is 0 Å². The van der Waals surface area contributed by atoms with Crippen LogP contribution in [0.15, 0.2) is 42.7 Å². The average Bonchev–Trinajstić information content (AvgIpc) is 3.00. The molecule has 4 rings (SSSR count). The third-order valence-corrected chi connectivity index (χ3v) is 4.87. The van der Waals surface area contributed by atoms with E-state index in [1.165, 1.54) is 0 Å². The highest BCUT2D eigenvalue weighted by molar-refractivity contribution is 6.33. The molecule has 1 aliphatic heterocycles. The zero-order chi connectivity index (χ0) is 17.4. The molecule has 0 saturated carbocycles. The van der Waals surface area contributed by atoms with Crippen LogP contribution in [0.2, 0.25) is 5.02 Å². The third-order valence-electron chi connectivity index (χ3n) is 4.55. The Morgan fingerprint density at radius 2 is 2.12 bits per heavy atom. The second-order valence-corrected chi connectivity index (χ2v) is 6.55. The number of aromatic nitrogens is 3. The maximum atomic E-state index is 13.0. The van der Waals surface area contributed by atoms with E-state index in [0.29, 0.717) is 11.6 Å². The lowest BCUT2D eigenvalue weighted by molar-refractivity contribution is -0.120. The fourth-order valence-electron chi connectivity index (χ4n) is 3.28. The van der Waals surface area contributed by atoms with Crippen LogP contribution >= 0.6 is 11.6 Å². The molecule has 1 atom stereocenters. The smallest absolute Gasteiger partial charge is 0.249 e. The van der Waals surface area contributed by atoms with Gasteiger partial charge >= 0.3 is 0 Å². The monoisotopic (exact) mass is 355 g/mol. The number of amides is 1. The standard InChI is InChI=1S/C18H18ClN5O/c1-23-17-12(11-21-23)14(8-9-20-17)22-15-6-4-10-24(18(15)25)16-7-3-2-5-13(16)19/h2-3,5,7-9,11,15H,4,6,10H2,1H3,(H,20,22). The summed E-state index contributed by atoms with van der Waals surface area (Å²) in [6, 6.07) is 9.04. The van der Waals surface area contributed by atoms with Crippen molar-refractivity contribution >= 4 is 39.9 Å². The van der Waals surface area contributed by atoms with E-state index in [9.17, 15) is 4.79 Å². The molecular weight excluding hydrogens is 338 g/mol. The first kappa shape index (κ1) is 15.9. The largest absolute Gasteiger partial charge is 0.373 e. The van der Waals surface area contributed by atoms with E-state index in [-0.39, 0.29) is 11.9 Å². The zero-order valence-corrected chi connectivity index (χ0v) is 14.6. The van der Waals surface area contributed by atoms with Gasteiger partial charge in [-0.3, -0.25) is 9.48 Å². The average molecular weight is 356 g/mol. The molecule has 3 heterocycles. The Labute approximate surface area is 150 Å². The number of aryl methyl sites for hydroxylation is 1. The molecule has 0 spiro atoms. The first-order valence-electron chi connectivity index (χ1n) is 8.24. The fraction of sp³-hybridized carbons (Fsp3) is 0.278. The van der Waals surface area contributed by atoms with Gasteiger partial charge in [0.1, 0.15) is 6.04 Å². The van der Waals surface area contributed by atoms with Gasteiger partial charge < -0.3 is 10.2 Å². The molecule has 2 aromatic heterocycles. The van der Waals surface area contributed by atoms with Gasteiger partial charge in [0, 0.05) is 25.5 Å². The number of para-hydroxylation sites is 1. The number of pyridine rings is 1. The van der Waals surface area contributed by atoms with E-state index in [0.717, 1.165) is 35.2 Å². The Balaban J connectivity index is 1.62. The van der Waals surface area contributed by atoms with Crippen molar-refractivity contribution in [3.05, 3.63) is 47.7 Å². The molecule has 1 fully saturated rings. The Kier molecular flexibility index (Phi) is 4.05. The summed E-state index contributed by atoms with van der Waals surface area (Å²) in [6.07, 6.45) is 5.19. The lowest BCUT2D eigenvalue weighted by Gasteiger charge is -2.33. The Morgan fingerprint density at radius 3 is 2.96 bits per heavy atom. The first-order chi connectivity index (χ1) is 12.1. The van der Waals surface area contributed by atoms with Crippen LogP contribution in [0.5, 0.6) is 0 Å². The van der Waals surface area contributed by atoms with E-state index in [1.807, 2.05) is 37.4 Å². The second-order valence-electron chi connectivity index (χ2n) is 6.14. The van der Waals surface area contributed by atoms with Gasteiger partial charge in [-0.25, -0.2) is 4.98 Å². The fourth-order valence-corrected chi connectivity index (χ4v) is 3.52. The van der Waals surface area contributed by atoms with Gasteiger partial charge in [-0.15, -0.1) is 0 Å². The van der Waals surface area contributed by atoms with E-state index in [1.54, 1.807) is 22.0 Å². The van der Waals surface area contributed by atoms with Crippen LogP contribution in [0.3, 0.4) is 0 Å². The summed E-state index contributed by atoms with van der Waals surface area (Å²) >= 11 is 6.28. The van der Waals surface area contributed by atoms with E-state index < -0.39 is 0 Å². The summed E-state index contributed by atoms with van der Waals surface area (Å²) in [5.74, 6) is 0.0354. The summed E-state index contributed by atoms with van der Waals surface area (Å²) in [5.41, 5.74) is 2.43. The number of halogens is 1.